The van der Waals surface area contributed by atoms with E-state index >= 15 is 0 Å². The molecule has 0 bridgehead atoms. The maximum Gasteiger partial charge on any atom is 0.419 e. The van der Waals surface area contributed by atoms with Gasteiger partial charge in [-0.3, -0.25) is 9.59 Å². The normalized spacial score (nSPS) is 18.0. The Bertz CT molecular complexity index is 945. The summed E-state index contributed by atoms with van der Waals surface area (Å²) in [7, 11) is 0. The minimum absolute atomic E-state index is 0.0697. The summed E-state index contributed by atoms with van der Waals surface area (Å²) in [6.45, 7) is 4.85. The number of piperazine rings is 1. The predicted molar refractivity (Wildman–Crippen MR) is 122 cm³/mol. The number of ether oxygens (including phenoxy) is 1. The maximum atomic E-state index is 12.7. The fourth-order valence-corrected chi connectivity index (χ4v) is 4.17. The maximum absolute atomic E-state index is 12.7. The summed E-state index contributed by atoms with van der Waals surface area (Å²) in [4.78, 5) is 37.1. The number of nitrogens with one attached hydrogen (secondary N) is 1. The zero-order chi connectivity index (χ0) is 25.6. The van der Waals surface area contributed by atoms with E-state index < -0.39 is 17.6 Å². The Morgan fingerprint density at radius 3 is 2.43 bits per heavy atom. The molecule has 3 heterocycles. The van der Waals surface area contributed by atoms with Crippen molar-refractivity contribution < 1.29 is 27.5 Å². The fourth-order valence-electron chi connectivity index (χ4n) is 4.17. The number of halogens is 3. The van der Waals surface area contributed by atoms with Crippen LogP contribution >= 0.6 is 0 Å². The summed E-state index contributed by atoms with van der Waals surface area (Å²) in [6, 6.07) is -0.0939. The molecule has 0 spiro atoms. The van der Waals surface area contributed by atoms with E-state index in [1.165, 1.54) is 0 Å². The lowest BCUT2D eigenvalue weighted by molar-refractivity contribution is -0.138. The Labute approximate surface area is 201 Å². The summed E-state index contributed by atoms with van der Waals surface area (Å²) >= 11 is 0. The number of aromatic nitrogens is 2. The van der Waals surface area contributed by atoms with E-state index in [9.17, 15) is 22.8 Å². The van der Waals surface area contributed by atoms with E-state index in [-0.39, 0.29) is 30.9 Å². The number of allylic oxidation sites excluding steroid dienone is 1. The van der Waals surface area contributed by atoms with Crippen LogP contribution in [0.2, 0.25) is 0 Å². The predicted octanol–water partition coefficient (Wildman–Crippen LogP) is 1.42. The van der Waals surface area contributed by atoms with Gasteiger partial charge in [0, 0.05) is 62.9 Å². The molecule has 2 aliphatic heterocycles. The molecule has 13 heteroatoms. The van der Waals surface area contributed by atoms with Gasteiger partial charge in [0.15, 0.2) is 0 Å². The van der Waals surface area contributed by atoms with Crippen molar-refractivity contribution in [1.29, 1.82) is 5.41 Å². The average molecular weight is 498 g/mol. The zero-order valence-corrected chi connectivity index (χ0v) is 19.6. The lowest BCUT2D eigenvalue weighted by Gasteiger charge is -2.36. The van der Waals surface area contributed by atoms with E-state index in [0.717, 1.165) is 25.0 Å². The molecule has 1 aromatic rings. The summed E-state index contributed by atoms with van der Waals surface area (Å²) in [5.41, 5.74) is 5.51. The molecule has 1 unspecified atom stereocenters. The van der Waals surface area contributed by atoms with Gasteiger partial charge in [-0.25, -0.2) is 9.97 Å². The third-order valence-corrected chi connectivity index (χ3v) is 6.11. The number of nitrogens with zero attached hydrogens (tertiary/aromatic N) is 5. The first-order chi connectivity index (χ1) is 16.6. The molecule has 3 rings (SSSR count). The lowest BCUT2D eigenvalue weighted by Crippen LogP contribution is -2.49. The summed E-state index contributed by atoms with van der Waals surface area (Å²) in [5.74, 6) is -0.380. The minimum atomic E-state index is -4.48. The highest BCUT2D eigenvalue weighted by atomic mass is 19.4. The Morgan fingerprint density at radius 2 is 1.86 bits per heavy atom. The van der Waals surface area contributed by atoms with Gasteiger partial charge in [0.2, 0.25) is 17.8 Å². The molecular formula is C22H30F3N7O3. The second kappa shape index (κ2) is 11.5. The fraction of sp³-hybridized carbons (Fsp3) is 0.591. The van der Waals surface area contributed by atoms with E-state index in [1.807, 2.05) is 11.8 Å². The molecule has 0 aromatic carbocycles. The summed E-state index contributed by atoms with van der Waals surface area (Å²) in [5, 5.41) is 7.65. The number of amides is 2. The van der Waals surface area contributed by atoms with Crippen LogP contribution in [0.5, 0.6) is 0 Å². The molecule has 10 nitrogen and oxygen atoms in total. The Hall–Kier alpha value is -3.22. The highest BCUT2D eigenvalue weighted by Crippen LogP contribution is 2.28. The molecule has 3 N–H and O–H groups in total. The van der Waals surface area contributed by atoms with Gasteiger partial charge in [0.25, 0.3) is 0 Å². The highest BCUT2D eigenvalue weighted by Gasteiger charge is 2.32. The van der Waals surface area contributed by atoms with Crippen LogP contribution in [0.4, 0.5) is 19.1 Å². The van der Waals surface area contributed by atoms with Crippen molar-refractivity contribution >= 4 is 24.0 Å². The van der Waals surface area contributed by atoms with E-state index in [4.69, 9.17) is 15.9 Å². The van der Waals surface area contributed by atoms with Crippen LogP contribution in [0.1, 0.15) is 31.7 Å². The van der Waals surface area contributed by atoms with Crippen LogP contribution < -0.4 is 10.6 Å². The molecule has 192 valence electrons. The standard InChI is InChI=1S/C22H30F3N7O3/c1-15(32-5-2-3-17(20(27)34)18(32)11-26)14-35-10-4-19(33)30-6-8-31(9-7-30)21-28-12-16(13-29-21)22(23,24)25/h11-13,15,26H,2-10,14H2,1H3,(H2,27,34). The van der Waals surface area contributed by atoms with Crippen molar-refractivity contribution in [1.82, 2.24) is 19.8 Å². The van der Waals surface area contributed by atoms with E-state index in [0.29, 0.717) is 57.0 Å². The topological polar surface area (TPSA) is 129 Å². The van der Waals surface area contributed by atoms with Gasteiger partial charge in [-0.2, -0.15) is 13.2 Å². The molecular weight excluding hydrogens is 467 g/mol. The molecule has 35 heavy (non-hydrogen) atoms. The number of hydrogen-bond donors (Lipinski definition) is 2. The van der Waals surface area contributed by atoms with Crippen molar-refractivity contribution in [3.63, 3.8) is 0 Å². The zero-order valence-electron chi connectivity index (χ0n) is 19.6. The van der Waals surface area contributed by atoms with Crippen molar-refractivity contribution in [2.45, 2.75) is 38.4 Å². The minimum Gasteiger partial charge on any atom is -0.379 e. The monoisotopic (exact) mass is 497 g/mol. The van der Waals surface area contributed by atoms with Crippen LogP contribution in [0, 0.1) is 5.41 Å². The van der Waals surface area contributed by atoms with Gasteiger partial charge >= 0.3 is 6.18 Å². The number of carbonyl (C=O) groups excluding carboxylic acids is 2. The first-order valence-corrected chi connectivity index (χ1v) is 11.4. The summed E-state index contributed by atoms with van der Waals surface area (Å²) < 4.78 is 43.7. The number of alkyl halides is 3. The second-order valence-electron chi connectivity index (χ2n) is 8.48. The lowest BCUT2D eigenvalue weighted by atomic mass is 10.0. The quantitative estimate of drug-likeness (QED) is 0.390. The first kappa shape index (κ1) is 26.4. The van der Waals surface area contributed by atoms with E-state index in [1.54, 1.807) is 9.80 Å². The second-order valence-corrected chi connectivity index (χ2v) is 8.48. The number of primary amides is 1. The molecule has 0 radical (unpaired) electrons. The van der Waals surface area contributed by atoms with Crippen molar-refractivity contribution in [3.05, 3.63) is 29.2 Å². The van der Waals surface area contributed by atoms with Gasteiger partial charge in [0.1, 0.15) is 0 Å². The first-order valence-electron chi connectivity index (χ1n) is 11.4. The molecule has 2 amide bonds. The molecule has 0 aliphatic carbocycles. The van der Waals surface area contributed by atoms with Gasteiger partial charge in [-0.15, -0.1) is 0 Å². The number of hydrogen-bond acceptors (Lipinski definition) is 8. The van der Waals surface area contributed by atoms with Gasteiger partial charge in [0.05, 0.1) is 30.9 Å². The molecule has 1 aromatic heterocycles. The Kier molecular flexibility index (Phi) is 8.65. The third-order valence-electron chi connectivity index (χ3n) is 6.11. The smallest absolute Gasteiger partial charge is 0.379 e. The van der Waals surface area contributed by atoms with Crippen LogP contribution in [0.15, 0.2) is 23.7 Å². The average Bonchev–Trinajstić information content (AvgIpc) is 2.85. The van der Waals surface area contributed by atoms with Crippen LogP contribution in [0.25, 0.3) is 0 Å². The van der Waals surface area contributed by atoms with Crippen LogP contribution in [-0.2, 0) is 20.5 Å². The number of carbonyl (C=O) groups is 2. The largest absolute Gasteiger partial charge is 0.419 e. The van der Waals surface area contributed by atoms with E-state index in [2.05, 4.69) is 9.97 Å². The molecule has 1 fully saturated rings. The molecule has 1 saturated heterocycles. The molecule has 2 aliphatic rings. The van der Waals surface area contributed by atoms with Crippen molar-refractivity contribution in [3.8, 4) is 0 Å². The van der Waals surface area contributed by atoms with Crippen molar-refractivity contribution in [2.75, 3.05) is 50.8 Å². The summed E-state index contributed by atoms with van der Waals surface area (Å²) in [6.07, 6.45) is -0.297. The Balaban J connectivity index is 1.40. The number of anilines is 1. The third kappa shape index (κ3) is 6.68. The molecule has 0 saturated carbocycles. The molecule has 1 atom stereocenters. The van der Waals surface area contributed by atoms with Gasteiger partial charge < -0.3 is 30.6 Å². The van der Waals surface area contributed by atoms with Crippen molar-refractivity contribution in [2.24, 2.45) is 5.73 Å². The highest BCUT2D eigenvalue weighted by molar-refractivity contribution is 5.98. The number of rotatable bonds is 9. The SMILES string of the molecule is CC(COCCC(=O)N1CCN(c2ncc(C(F)(F)F)cn2)CC1)N1CCCC(C(N)=O)=C1C=N. The van der Waals surface area contributed by atoms with Crippen LogP contribution in [0.3, 0.4) is 0 Å². The Morgan fingerprint density at radius 1 is 1.20 bits per heavy atom. The van der Waals surface area contributed by atoms with Gasteiger partial charge in [-0.05, 0) is 19.8 Å². The van der Waals surface area contributed by atoms with Crippen LogP contribution in [-0.4, -0.2) is 89.8 Å². The van der Waals surface area contributed by atoms with Gasteiger partial charge in [-0.1, -0.05) is 0 Å². The number of nitrogens with two attached hydrogens (primary N) is 1.